The zero-order valence-electron chi connectivity index (χ0n) is 12.4. The Morgan fingerprint density at radius 3 is 3.14 bits per heavy atom. The van der Waals surface area contributed by atoms with Crippen LogP contribution in [0.1, 0.15) is 29.6 Å². The summed E-state index contributed by atoms with van der Waals surface area (Å²) < 4.78 is 1.77. The van der Waals surface area contributed by atoms with Crippen molar-refractivity contribution in [2.45, 2.75) is 25.3 Å². The van der Waals surface area contributed by atoms with E-state index in [4.69, 9.17) is 0 Å². The number of aromatic nitrogens is 2. The number of hydrogen-bond donors (Lipinski definition) is 1. The van der Waals surface area contributed by atoms with Gasteiger partial charge in [0, 0.05) is 25.3 Å². The number of carbonyl (C=O) groups is 1. The lowest BCUT2D eigenvalue weighted by Crippen LogP contribution is -2.53. The number of rotatable bonds is 1. The average molecular weight is 321 g/mol. The van der Waals surface area contributed by atoms with Crippen LogP contribution in [0, 0.1) is 5.92 Å². The number of halogens is 1. The van der Waals surface area contributed by atoms with Crippen molar-refractivity contribution in [2.75, 3.05) is 19.6 Å². The summed E-state index contributed by atoms with van der Waals surface area (Å²) in [6.07, 6.45) is 7.10. The summed E-state index contributed by atoms with van der Waals surface area (Å²) in [5.41, 5.74) is 1.62. The van der Waals surface area contributed by atoms with Gasteiger partial charge in [0.2, 0.25) is 0 Å². The number of carbonyl (C=O) groups excluding carboxylic acids is 1. The van der Waals surface area contributed by atoms with E-state index in [-0.39, 0.29) is 18.3 Å². The SMILES string of the molecule is Cl.O=C(c1cnn2ccccc12)N1CC[C@@H]2NCCC[C@@H]2C1. The van der Waals surface area contributed by atoms with E-state index >= 15 is 0 Å². The maximum absolute atomic E-state index is 12.8. The van der Waals surface area contributed by atoms with Gasteiger partial charge in [0.05, 0.1) is 17.3 Å². The van der Waals surface area contributed by atoms with Crippen LogP contribution in [0.5, 0.6) is 0 Å². The third-order valence-corrected chi connectivity index (χ3v) is 4.84. The lowest BCUT2D eigenvalue weighted by molar-refractivity contribution is 0.0594. The molecule has 2 atom stereocenters. The summed E-state index contributed by atoms with van der Waals surface area (Å²) in [6.45, 7) is 2.85. The van der Waals surface area contributed by atoms with E-state index in [0.29, 0.717) is 12.0 Å². The van der Waals surface area contributed by atoms with Gasteiger partial charge in [-0.25, -0.2) is 4.52 Å². The van der Waals surface area contributed by atoms with Crippen molar-refractivity contribution >= 4 is 23.8 Å². The number of likely N-dealkylation sites (tertiary alicyclic amines) is 1. The van der Waals surface area contributed by atoms with Gasteiger partial charge in [0.1, 0.15) is 0 Å². The predicted molar refractivity (Wildman–Crippen MR) is 87.5 cm³/mol. The first-order valence-corrected chi connectivity index (χ1v) is 7.78. The van der Waals surface area contributed by atoms with Gasteiger partial charge in [-0.3, -0.25) is 4.79 Å². The number of pyridine rings is 1. The highest BCUT2D eigenvalue weighted by Gasteiger charge is 2.33. The van der Waals surface area contributed by atoms with Gasteiger partial charge in [-0.05, 0) is 43.9 Å². The molecule has 0 radical (unpaired) electrons. The van der Waals surface area contributed by atoms with Gasteiger partial charge in [0.25, 0.3) is 5.91 Å². The first-order valence-electron chi connectivity index (χ1n) is 7.78. The molecule has 4 rings (SSSR count). The number of amides is 1. The van der Waals surface area contributed by atoms with Crippen LogP contribution in [-0.2, 0) is 0 Å². The van der Waals surface area contributed by atoms with Crippen LogP contribution in [0.2, 0.25) is 0 Å². The van der Waals surface area contributed by atoms with Gasteiger partial charge >= 0.3 is 0 Å². The van der Waals surface area contributed by atoms with Crippen molar-refractivity contribution < 1.29 is 4.79 Å². The molecule has 0 saturated carbocycles. The minimum atomic E-state index is 0. The lowest BCUT2D eigenvalue weighted by Gasteiger charge is -2.41. The summed E-state index contributed by atoms with van der Waals surface area (Å²) in [7, 11) is 0. The Balaban J connectivity index is 0.00000144. The van der Waals surface area contributed by atoms with Gasteiger partial charge < -0.3 is 10.2 Å². The second kappa shape index (κ2) is 6.26. The van der Waals surface area contributed by atoms with E-state index in [9.17, 15) is 4.79 Å². The molecule has 0 aromatic carbocycles. The molecule has 4 heterocycles. The van der Waals surface area contributed by atoms with Gasteiger partial charge in [-0.15, -0.1) is 12.4 Å². The molecule has 118 valence electrons. The molecule has 1 N–H and O–H groups in total. The van der Waals surface area contributed by atoms with Crippen molar-refractivity contribution in [3.8, 4) is 0 Å². The molecular weight excluding hydrogens is 300 g/mol. The molecule has 2 aliphatic heterocycles. The second-order valence-corrected chi connectivity index (χ2v) is 6.09. The Labute approximate surface area is 136 Å². The molecule has 2 aromatic rings. The zero-order chi connectivity index (χ0) is 14.2. The number of nitrogens with zero attached hydrogens (tertiary/aromatic N) is 3. The third kappa shape index (κ3) is 2.59. The van der Waals surface area contributed by atoms with Gasteiger partial charge in [-0.1, -0.05) is 6.07 Å². The second-order valence-electron chi connectivity index (χ2n) is 6.09. The fourth-order valence-electron chi connectivity index (χ4n) is 3.70. The van der Waals surface area contributed by atoms with Crippen molar-refractivity contribution in [3.63, 3.8) is 0 Å². The van der Waals surface area contributed by atoms with E-state index in [0.717, 1.165) is 37.1 Å². The van der Waals surface area contributed by atoms with Crippen molar-refractivity contribution in [2.24, 2.45) is 5.92 Å². The topological polar surface area (TPSA) is 49.6 Å². The van der Waals surface area contributed by atoms with Crippen LogP contribution < -0.4 is 5.32 Å². The molecule has 0 spiro atoms. The van der Waals surface area contributed by atoms with Crippen molar-refractivity contribution in [1.29, 1.82) is 0 Å². The Morgan fingerprint density at radius 2 is 2.23 bits per heavy atom. The first-order chi connectivity index (χ1) is 10.3. The van der Waals surface area contributed by atoms with Crippen LogP contribution in [0.15, 0.2) is 30.6 Å². The highest BCUT2D eigenvalue weighted by Crippen LogP contribution is 2.26. The summed E-state index contributed by atoms with van der Waals surface area (Å²) in [4.78, 5) is 14.8. The maximum atomic E-state index is 12.8. The minimum absolute atomic E-state index is 0. The Kier molecular flexibility index (Phi) is 4.36. The summed E-state index contributed by atoms with van der Waals surface area (Å²) in [5.74, 6) is 0.735. The highest BCUT2D eigenvalue weighted by molar-refractivity contribution is 6.00. The fourth-order valence-corrected chi connectivity index (χ4v) is 3.70. The highest BCUT2D eigenvalue weighted by atomic mass is 35.5. The van der Waals surface area contributed by atoms with E-state index < -0.39 is 0 Å². The summed E-state index contributed by atoms with van der Waals surface area (Å²) >= 11 is 0. The van der Waals surface area contributed by atoms with E-state index in [1.807, 2.05) is 29.3 Å². The van der Waals surface area contributed by atoms with Crippen LogP contribution in [0.25, 0.3) is 5.52 Å². The number of piperidine rings is 2. The van der Waals surface area contributed by atoms with Crippen molar-refractivity contribution in [1.82, 2.24) is 19.8 Å². The summed E-state index contributed by atoms with van der Waals surface area (Å²) in [6, 6.07) is 6.43. The standard InChI is InChI=1S/C16H20N4O.ClH/c21-16(13-10-18-20-8-2-1-5-15(13)20)19-9-6-14-12(11-19)4-3-7-17-14;/h1-2,5,8,10,12,14,17H,3-4,6-7,9,11H2;1H/t12-,14+;/m1./s1. The maximum Gasteiger partial charge on any atom is 0.257 e. The lowest BCUT2D eigenvalue weighted by atomic mass is 9.85. The molecule has 2 saturated heterocycles. The smallest absolute Gasteiger partial charge is 0.257 e. The third-order valence-electron chi connectivity index (χ3n) is 4.84. The van der Waals surface area contributed by atoms with E-state index in [1.165, 1.54) is 12.8 Å². The molecule has 0 aliphatic carbocycles. The number of hydrogen-bond acceptors (Lipinski definition) is 3. The normalized spacial score (nSPS) is 24.6. The van der Waals surface area contributed by atoms with E-state index in [1.54, 1.807) is 10.7 Å². The Bertz CT molecular complexity index is 671. The van der Waals surface area contributed by atoms with Crippen LogP contribution >= 0.6 is 12.4 Å². The quantitative estimate of drug-likeness (QED) is 0.874. The molecule has 5 nitrogen and oxygen atoms in total. The average Bonchev–Trinajstić information content (AvgIpc) is 2.98. The zero-order valence-corrected chi connectivity index (χ0v) is 13.3. The molecule has 2 aliphatic rings. The predicted octanol–water partition coefficient (Wildman–Crippen LogP) is 1.97. The van der Waals surface area contributed by atoms with Gasteiger partial charge in [0.15, 0.2) is 0 Å². The molecule has 2 aromatic heterocycles. The Morgan fingerprint density at radius 1 is 1.32 bits per heavy atom. The molecule has 22 heavy (non-hydrogen) atoms. The summed E-state index contributed by atoms with van der Waals surface area (Å²) in [5, 5.41) is 7.86. The molecular formula is C16H21ClN4O. The Hall–Kier alpha value is -1.59. The van der Waals surface area contributed by atoms with Crippen LogP contribution in [0.4, 0.5) is 0 Å². The fraction of sp³-hybridized carbons (Fsp3) is 0.500. The largest absolute Gasteiger partial charge is 0.338 e. The molecule has 6 heteroatoms. The first kappa shape index (κ1) is 15.3. The van der Waals surface area contributed by atoms with Gasteiger partial charge in [-0.2, -0.15) is 5.10 Å². The monoisotopic (exact) mass is 320 g/mol. The molecule has 0 bridgehead atoms. The minimum Gasteiger partial charge on any atom is -0.338 e. The van der Waals surface area contributed by atoms with E-state index in [2.05, 4.69) is 10.4 Å². The van der Waals surface area contributed by atoms with Crippen molar-refractivity contribution in [3.05, 3.63) is 36.2 Å². The van der Waals surface area contributed by atoms with Crippen LogP contribution in [0.3, 0.4) is 0 Å². The molecule has 2 fully saturated rings. The molecule has 0 unspecified atom stereocenters. The molecule has 1 amide bonds. The number of fused-ring (bicyclic) bond motifs is 2. The van der Waals surface area contributed by atoms with Crippen LogP contribution in [-0.4, -0.2) is 46.1 Å². The number of nitrogens with one attached hydrogen (secondary N) is 1.